The molecular weight excluding hydrogens is 205 g/mol. The second kappa shape index (κ2) is 3.55. The number of nitrogens with one attached hydrogen (secondary N) is 1. The molecule has 5 nitrogen and oxygen atoms in total. The van der Waals surface area contributed by atoms with E-state index in [9.17, 15) is 4.79 Å². The lowest BCUT2D eigenvalue weighted by Gasteiger charge is -1.99. The van der Waals surface area contributed by atoms with Crippen molar-refractivity contribution in [3.05, 3.63) is 16.5 Å². The minimum absolute atomic E-state index is 0.0486. The van der Waals surface area contributed by atoms with Gasteiger partial charge in [-0.2, -0.15) is 0 Å². The molecular formula is C5H3Cl2N3O2. The maximum absolute atomic E-state index is 10.1. The topological polar surface area (TPSA) is 75.1 Å². The third kappa shape index (κ3) is 2.52. The molecule has 0 bridgehead atoms. The number of aromatic nitrogens is 2. The molecule has 0 saturated heterocycles. The van der Waals surface area contributed by atoms with E-state index in [0.29, 0.717) is 0 Å². The zero-order chi connectivity index (χ0) is 9.14. The summed E-state index contributed by atoms with van der Waals surface area (Å²) in [6.07, 6.45) is -1.24. The molecule has 7 heteroatoms. The van der Waals surface area contributed by atoms with Crippen LogP contribution in [0.4, 0.5) is 10.6 Å². The molecule has 2 N–H and O–H groups in total. The highest BCUT2D eigenvalue weighted by Crippen LogP contribution is 2.13. The predicted octanol–water partition coefficient (Wildman–Crippen LogP) is 1.87. The summed E-state index contributed by atoms with van der Waals surface area (Å²) in [7, 11) is 0. The number of carboxylic acid groups (broad SMARTS) is 1. The SMILES string of the molecule is O=C(O)Nc1cc(Cl)nc(Cl)n1. The Morgan fingerprint density at radius 3 is 2.67 bits per heavy atom. The van der Waals surface area contributed by atoms with Crippen molar-refractivity contribution in [2.24, 2.45) is 0 Å². The van der Waals surface area contributed by atoms with Crippen molar-refractivity contribution in [1.82, 2.24) is 9.97 Å². The first kappa shape index (κ1) is 9.02. The minimum atomic E-state index is -1.24. The lowest BCUT2D eigenvalue weighted by atomic mass is 10.6. The second-order valence-corrected chi connectivity index (χ2v) is 2.50. The van der Waals surface area contributed by atoms with Gasteiger partial charge in [0.1, 0.15) is 11.0 Å². The fourth-order valence-electron chi connectivity index (χ4n) is 0.563. The van der Waals surface area contributed by atoms with Crippen LogP contribution < -0.4 is 5.32 Å². The van der Waals surface area contributed by atoms with E-state index in [1.165, 1.54) is 6.07 Å². The molecule has 0 aliphatic heterocycles. The Labute approximate surface area is 77.3 Å². The molecule has 0 unspecified atom stereocenters. The van der Waals surface area contributed by atoms with Gasteiger partial charge in [0.15, 0.2) is 0 Å². The van der Waals surface area contributed by atoms with Crippen molar-refractivity contribution in [3.8, 4) is 0 Å². The molecule has 1 aromatic heterocycles. The van der Waals surface area contributed by atoms with Gasteiger partial charge in [0.25, 0.3) is 0 Å². The number of hydrogen-bond acceptors (Lipinski definition) is 3. The molecule has 12 heavy (non-hydrogen) atoms. The van der Waals surface area contributed by atoms with Gasteiger partial charge in [0.2, 0.25) is 5.28 Å². The number of hydrogen-bond donors (Lipinski definition) is 2. The monoisotopic (exact) mass is 207 g/mol. The molecule has 0 aliphatic carbocycles. The van der Waals surface area contributed by atoms with Crippen LogP contribution in [0.3, 0.4) is 0 Å². The summed E-state index contributed by atoms with van der Waals surface area (Å²) in [6, 6.07) is 1.25. The van der Waals surface area contributed by atoms with Crippen LogP contribution in [0.15, 0.2) is 6.07 Å². The summed E-state index contributed by atoms with van der Waals surface area (Å²) in [5, 5.41) is 10.3. The van der Waals surface area contributed by atoms with E-state index < -0.39 is 6.09 Å². The maximum Gasteiger partial charge on any atom is 0.410 e. The van der Waals surface area contributed by atoms with E-state index in [1.54, 1.807) is 0 Å². The van der Waals surface area contributed by atoms with Crippen molar-refractivity contribution in [3.63, 3.8) is 0 Å². The van der Waals surface area contributed by atoms with Crippen molar-refractivity contribution in [1.29, 1.82) is 0 Å². The van der Waals surface area contributed by atoms with Crippen LogP contribution in [-0.2, 0) is 0 Å². The number of nitrogens with zero attached hydrogens (tertiary/aromatic N) is 2. The number of carbonyl (C=O) groups is 1. The van der Waals surface area contributed by atoms with Gasteiger partial charge in [-0.15, -0.1) is 0 Å². The molecule has 0 aromatic carbocycles. The van der Waals surface area contributed by atoms with Crippen LogP contribution in [0, 0.1) is 0 Å². The van der Waals surface area contributed by atoms with E-state index in [4.69, 9.17) is 28.3 Å². The van der Waals surface area contributed by atoms with Crippen LogP contribution in [0.5, 0.6) is 0 Å². The van der Waals surface area contributed by atoms with Crippen molar-refractivity contribution in [2.45, 2.75) is 0 Å². The van der Waals surface area contributed by atoms with Crippen LogP contribution in [0.1, 0.15) is 0 Å². The number of halogens is 2. The maximum atomic E-state index is 10.1. The van der Waals surface area contributed by atoms with E-state index in [1.807, 2.05) is 5.32 Å². The highest BCUT2D eigenvalue weighted by Gasteiger charge is 2.03. The van der Waals surface area contributed by atoms with Crippen LogP contribution in [-0.4, -0.2) is 21.2 Å². The Morgan fingerprint density at radius 1 is 1.50 bits per heavy atom. The number of rotatable bonds is 1. The summed E-state index contributed by atoms with van der Waals surface area (Å²) in [4.78, 5) is 17.2. The quantitative estimate of drug-likeness (QED) is 0.545. The summed E-state index contributed by atoms with van der Waals surface area (Å²) < 4.78 is 0. The van der Waals surface area contributed by atoms with E-state index in [2.05, 4.69) is 9.97 Å². The van der Waals surface area contributed by atoms with Gasteiger partial charge in [-0.25, -0.2) is 14.8 Å². The summed E-state index contributed by atoms with van der Waals surface area (Å²) >= 11 is 10.9. The first-order valence-electron chi connectivity index (χ1n) is 2.78. The highest BCUT2D eigenvalue weighted by atomic mass is 35.5. The Morgan fingerprint density at radius 2 is 2.17 bits per heavy atom. The van der Waals surface area contributed by atoms with Gasteiger partial charge in [-0.05, 0) is 11.6 Å². The zero-order valence-corrected chi connectivity index (χ0v) is 7.10. The average molecular weight is 208 g/mol. The molecule has 0 spiro atoms. The van der Waals surface area contributed by atoms with E-state index in [-0.39, 0.29) is 16.3 Å². The van der Waals surface area contributed by atoms with Gasteiger partial charge in [-0.3, -0.25) is 5.32 Å². The molecule has 1 amide bonds. The second-order valence-electron chi connectivity index (χ2n) is 1.78. The first-order valence-corrected chi connectivity index (χ1v) is 3.53. The summed E-state index contributed by atoms with van der Waals surface area (Å²) in [5.41, 5.74) is 0. The molecule has 64 valence electrons. The fourth-order valence-corrected chi connectivity index (χ4v) is 0.972. The fraction of sp³-hybridized carbons (Fsp3) is 0. The van der Waals surface area contributed by atoms with Crippen LogP contribution >= 0.6 is 23.2 Å². The normalized spacial score (nSPS) is 9.50. The molecule has 0 radical (unpaired) electrons. The van der Waals surface area contributed by atoms with Gasteiger partial charge in [-0.1, -0.05) is 11.6 Å². The lowest BCUT2D eigenvalue weighted by Crippen LogP contribution is -2.09. The number of anilines is 1. The largest absolute Gasteiger partial charge is 0.465 e. The van der Waals surface area contributed by atoms with Gasteiger partial charge < -0.3 is 5.11 Å². The van der Waals surface area contributed by atoms with E-state index in [0.717, 1.165) is 0 Å². The van der Waals surface area contributed by atoms with Crippen molar-refractivity contribution >= 4 is 35.1 Å². The molecule has 1 heterocycles. The Kier molecular flexibility index (Phi) is 2.67. The number of amides is 1. The standard InChI is InChI=1S/C5H3Cl2N3O2/c6-2-1-3(10-5(11)12)9-4(7)8-2/h1H,(H,11,12)(H,8,9,10). The van der Waals surface area contributed by atoms with Crippen molar-refractivity contribution < 1.29 is 9.90 Å². The zero-order valence-electron chi connectivity index (χ0n) is 5.58. The first-order chi connectivity index (χ1) is 5.58. The third-order valence-electron chi connectivity index (χ3n) is 0.903. The predicted molar refractivity (Wildman–Crippen MR) is 43.7 cm³/mol. The molecule has 0 saturated carbocycles. The summed E-state index contributed by atoms with van der Waals surface area (Å²) in [5.74, 6) is 0.0486. The Bertz CT molecular complexity index is 297. The Balaban J connectivity index is 2.93. The van der Waals surface area contributed by atoms with Gasteiger partial charge in [0, 0.05) is 6.07 Å². The average Bonchev–Trinajstić information content (AvgIpc) is 1.81. The smallest absolute Gasteiger partial charge is 0.410 e. The van der Waals surface area contributed by atoms with Gasteiger partial charge >= 0.3 is 6.09 Å². The highest BCUT2D eigenvalue weighted by molar-refractivity contribution is 6.32. The van der Waals surface area contributed by atoms with Crippen LogP contribution in [0.2, 0.25) is 10.4 Å². The van der Waals surface area contributed by atoms with Gasteiger partial charge in [0.05, 0.1) is 0 Å². The van der Waals surface area contributed by atoms with E-state index >= 15 is 0 Å². The molecule has 0 atom stereocenters. The molecule has 0 fully saturated rings. The van der Waals surface area contributed by atoms with Crippen molar-refractivity contribution in [2.75, 3.05) is 5.32 Å². The third-order valence-corrected chi connectivity index (χ3v) is 1.27. The molecule has 1 rings (SSSR count). The molecule has 1 aromatic rings. The Hall–Kier alpha value is -1.07. The minimum Gasteiger partial charge on any atom is -0.465 e. The summed E-state index contributed by atoms with van der Waals surface area (Å²) in [6.45, 7) is 0. The molecule has 0 aliphatic rings. The lowest BCUT2D eigenvalue weighted by molar-refractivity contribution is 0.209. The van der Waals surface area contributed by atoms with Crippen LogP contribution in [0.25, 0.3) is 0 Å².